The van der Waals surface area contributed by atoms with Crippen molar-refractivity contribution in [3.63, 3.8) is 0 Å². The molecule has 0 fully saturated rings. The number of amides is 2. The molecule has 2 aromatic rings. The molecule has 2 aromatic carbocycles. The molecule has 4 atom stereocenters. The van der Waals surface area contributed by atoms with Crippen molar-refractivity contribution in [2.75, 3.05) is 26.8 Å². The maximum Gasteiger partial charge on any atom is 0.247 e. The van der Waals surface area contributed by atoms with Crippen LogP contribution in [0.3, 0.4) is 0 Å². The van der Waals surface area contributed by atoms with Crippen molar-refractivity contribution in [3.05, 3.63) is 71.3 Å². The molecule has 1 heterocycles. The lowest BCUT2D eigenvalue weighted by molar-refractivity contribution is -0.134. The largest absolute Gasteiger partial charge is 0.497 e. The third-order valence-electron chi connectivity index (χ3n) is 6.42. The monoisotopic (exact) mass is 466 g/mol. The number of aliphatic hydroxyl groups is 2. The van der Waals surface area contributed by atoms with E-state index in [4.69, 9.17) is 14.6 Å². The number of carbonyl (C=O) groups is 2. The molecule has 3 N–H and O–H groups in total. The summed E-state index contributed by atoms with van der Waals surface area (Å²) in [6.45, 7) is 1.71. The molecule has 0 radical (unpaired) electrons. The van der Waals surface area contributed by atoms with Crippen LogP contribution in [-0.4, -0.2) is 72.0 Å². The van der Waals surface area contributed by atoms with Gasteiger partial charge in [0.25, 0.3) is 0 Å². The third-order valence-corrected chi connectivity index (χ3v) is 6.42. The number of aliphatic hydroxyl groups excluding tert-OH is 2. The lowest BCUT2D eigenvalue weighted by Crippen LogP contribution is -2.55. The average Bonchev–Trinajstić information content (AvgIpc) is 3.24. The van der Waals surface area contributed by atoms with Gasteiger partial charge in [-0.3, -0.25) is 9.59 Å². The van der Waals surface area contributed by atoms with Gasteiger partial charge in [-0.1, -0.05) is 30.3 Å². The van der Waals surface area contributed by atoms with Crippen molar-refractivity contribution >= 4 is 11.8 Å². The molecule has 2 aliphatic rings. The van der Waals surface area contributed by atoms with Gasteiger partial charge < -0.3 is 29.9 Å². The first-order chi connectivity index (χ1) is 16.4. The predicted molar refractivity (Wildman–Crippen MR) is 126 cm³/mol. The number of benzene rings is 2. The Kier molecular flexibility index (Phi) is 7.19. The van der Waals surface area contributed by atoms with E-state index in [9.17, 15) is 14.7 Å². The summed E-state index contributed by atoms with van der Waals surface area (Å²) in [5.41, 5.74) is 2.23. The fourth-order valence-electron chi connectivity index (χ4n) is 4.79. The Morgan fingerprint density at radius 1 is 1.18 bits per heavy atom. The summed E-state index contributed by atoms with van der Waals surface area (Å²) < 4.78 is 11.4. The average molecular weight is 467 g/mol. The topological polar surface area (TPSA) is 108 Å². The van der Waals surface area contributed by atoms with Gasteiger partial charge in [0.05, 0.1) is 25.7 Å². The highest BCUT2D eigenvalue weighted by Gasteiger charge is 2.50. The molecule has 8 heteroatoms. The van der Waals surface area contributed by atoms with Gasteiger partial charge in [-0.15, -0.1) is 0 Å². The number of carbonyl (C=O) groups excluding carboxylic acids is 2. The number of hydrogen-bond donors (Lipinski definition) is 3. The number of rotatable bonds is 8. The first-order valence-corrected chi connectivity index (χ1v) is 11.4. The minimum absolute atomic E-state index is 0.107. The fourth-order valence-corrected chi connectivity index (χ4v) is 4.79. The Bertz CT molecular complexity index is 1080. The molecule has 0 saturated carbocycles. The number of methoxy groups -OCH3 is 1. The Morgan fingerprint density at radius 2 is 1.97 bits per heavy atom. The molecule has 0 aromatic heterocycles. The van der Waals surface area contributed by atoms with Gasteiger partial charge in [0.1, 0.15) is 23.7 Å². The smallest absolute Gasteiger partial charge is 0.247 e. The van der Waals surface area contributed by atoms with E-state index in [1.54, 1.807) is 18.1 Å². The molecular formula is C26H30N2O6. The van der Waals surface area contributed by atoms with E-state index < -0.39 is 24.2 Å². The molecule has 2 amide bonds. The molecule has 0 spiro atoms. The summed E-state index contributed by atoms with van der Waals surface area (Å²) in [6, 6.07) is 14.3. The zero-order valence-electron chi connectivity index (χ0n) is 19.3. The van der Waals surface area contributed by atoms with Crippen molar-refractivity contribution in [1.82, 2.24) is 10.2 Å². The normalized spacial score (nSPS) is 22.6. The molecule has 1 aliphatic heterocycles. The molecule has 8 nitrogen and oxygen atoms in total. The molecule has 34 heavy (non-hydrogen) atoms. The second kappa shape index (κ2) is 10.3. The van der Waals surface area contributed by atoms with Crippen LogP contribution in [0.15, 0.2) is 60.2 Å². The molecule has 0 bridgehead atoms. The highest BCUT2D eigenvalue weighted by atomic mass is 16.5. The van der Waals surface area contributed by atoms with Crippen molar-refractivity contribution in [1.29, 1.82) is 0 Å². The van der Waals surface area contributed by atoms with Crippen LogP contribution >= 0.6 is 0 Å². The van der Waals surface area contributed by atoms with Crippen LogP contribution in [0.4, 0.5) is 0 Å². The van der Waals surface area contributed by atoms with Crippen LogP contribution in [-0.2, 0) is 16.0 Å². The number of fused-ring (bicyclic) bond motifs is 3. The zero-order valence-corrected chi connectivity index (χ0v) is 19.3. The lowest BCUT2D eigenvalue weighted by atomic mass is 9.77. The van der Waals surface area contributed by atoms with Crippen LogP contribution in [0.2, 0.25) is 0 Å². The van der Waals surface area contributed by atoms with Crippen LogP contribution in [0.1, 0.15) is 24.0 Å². The van der Waals surface area contributed by atoms with Gasteiger partial charge >= 0.3 is 0 Å². The van der Waals surface area contributed by atoms with Crippen LogP contribution in [0, 0.1) is 0 Å². The highest BCUT2D eigenvalue weighted by molar-refractivity contribution is 5.96. The minimum atomic E-state index is -1.03. The Labute approximate surface area is 198 Å². The summed E-state index contributed by atoms with van der Waals surface area (Å²) in [6.07, 6.45) is 0.494. The van der Waals surface area contributed by atoms with Crippen molar-refractivity contribution in [2.45, 2.75) is 37.5 Å². The Hall–Kier alpha value is -3.36. The van der Waals surface area contributed by atoms with Gasteiger partial charge in [-0.2, -0.15) is 0 Å². The molecule has 0 saturated heterocycles. The number of hydrogen-bond acceptors (Lipinski definition) is 6. The SMILES string of the molecule is COc1cccc(CCN(C(C)=O)[C@@H]2C=C(C(=O)NCCO)[C@@H]3c4ccccc4O[C@@H]3[C@H]2O)c1. The molecular weight excluding hydrogens is 436 g/mol. The van der Waals surface area contributed by atoms with E-state index in [0.29, 0.717) is 24.3 Å². The van der Waals surface area contributed by atoms with E-state index >= 15 is 0 Å². The fraction of sp³-hybridized carbons (Fsp3) is 0.385. The minimum Gasteiger partial charge on any atom is -0.497 e. The van der Waals surface area contributed by atoms with Crippen molar-refractivity contribution in [2.24, 2.45) is 0 Å². The summed E-state index contributed by atoms with van der Waals surface area (Å²) in [5, 5.41) is 23.2. The number of nitrogens with one attached hydrogen (secondary N) is 1. The summed E-state index contributed by atoms with van der Waals surface area (Å²) in [7, 11) is 1.60. The summed E-state index contributed by atoms with van der Waals surface area (Å²) in [5.74, 6) is 0.314. The number of ether oxygens (including phenoxy) is 2. The van der Waals surface area contributed by atoms with Gasteiger partial charge in [-0.25, -0.2) is 0 Å². The summed E-state index contributed by atoms with van der Waals surface area (Å²) >= 11 is 0. The van der Waals surface area contributed by atoms with Crippen LogP contribution in [0.5, 0.6) is 11.5 Å². The van der Waals surface area contributed by atoms with Crippen molar-refractivity contribution in [3.8, 4) is 11.5 Å². The van der Waals surface area contributed by atoms with Crippen molar-refractivity contribution < 1.29 is 29.3 Å². The van der Waals surface area contributed by atoms with Gasteiger partial charge in [0, 0.05) is 31.1 Å². The number of para-hydroxylation sites is 1. The lowest BCUT2D eigenvalue weighted by Gasteiger charge is -2.40. The van der Waals surface area contributed by atoms with E-state index in [2.05, 4.69) is 5.32 Å². The maximum atomic E-state index is 13.1. The molecule has 180 valence electrons. The van der Waals surface area contributed by atoms with Crippen LogP contribution < -0.4 is 14.8 Å². The molecule has 4 rings (SSSR count). The maximum absolute atomic E-state index is 13.1. The Morgan fingerprint density at radius 3 is 2.71 bits per heavy atom. The first-order valence-electron chi connectivity index (χ1n) is 11.4. The summed E-state index contributed by atoms with van der Waals surface area (Å²) in [4.78, 5) is 27.3. The first kappa shape index (κ1) is 23.8. The van der Waals surface area contributed by atoms with Crippen LogP contribution in [0.25, 0.3) is 0 Å². The Balaban J connectivity index is 1.65. The van der Waals surface area contributed by atoms with E-state index in [0.717, 1.165) is 16.9 Å². The molecule has 0 unspecified atom stereocenters. The number of nitrogens with zero attached hydrogens (tertiary/aromatic N) is 1. The van der Waals surface area contributed by atoms with Gasteiger partial charge in [0.15, 0.2) is 0 Å². The van der Waals surface area contributed by atoms with Gasteiger partial charge in [0.2, 0.25) is 11.8 Å². The second-order valence-electron chi connectivity index (χ2n) is 8.49. The zero-order chi connectivity index (χ0) is 24.2. The van der Waals surface area contributed by atoms with E-state index in [1.807, 2.05) is 48.5 Å². The standard InChI is InChI=1S/C26H30N2O6/c1-16(30)28(12-10-17-6-5-7-18(14-17)33-2)21-15-20(26(32)27-11-13-29)23-19-8-3-4-9-22(19)34-25(23)24(21)31/h3-9,14-15,21,23-25,29,31H,10-13H2,1-2H3,(H,27,32)/t21-,23+,24+,25+/m1/s1. The highest BCUT2D eigenvalue weighted by Crippen LogP contribution is 2.47. The second-order valence-corrected chi connectivity index (χ2v) is 8.49. The quantitative estimate of drug-likeness (QED) is 0.543. The van der Waals surface area contributed by atoms with Gasteiger partial charge in [-0.05, 0) is 36.3 Å². The predicted octanol–water partition coefficient (Wildman–Crippen LogP) is 1.41. The molecule has 1 aliphatic carbocycles. The van der Waals surface area contributed by atoms with E-state index in [-0.39, 0.29) is 25.0 Å². The van der Waals surface area contributed by atoms with E-state index in [1.165, 1.54) is 6.92 Å². The third kappa shape index (κ3) is 4.64.